The number of aromatic amines is 1. The lowest BCUT2D eigenvalue weighted by atomic mass is 10.2. The van der Waals surface area contributed by atoms with Crippen LogP contribution < -0.4 is 5.73 Å². The summed E-state index contributed by atoms with van der Waals surface area (Å²) in [4.78, 5) is 37.6. The fourth-order valence-corrected chi connectivity index (χ4v) is 1.91. The number of aromatic nitrogens is 1. The highest BCUT2D eigenvalue weighted by molar-refractivity contribution is 6.00. The van der Waals surface area contributed by atoms with Gasteiger partial charge in [0.25, 0.3) is 5.91 Å². The average molecular weight is 275 g/mol. The van der Waals surface area contributed by atoms with Gasteiger partial charge in [0.1, 0.15) is 18.8 Å². The van der Waals surface area contributed by atoms with E-state index >= 15 is 0 Å². The van der Waals surface area contributed by atoms with Gasteiger partial charge in [-0.1, -0.05) is 18.2 Å². The van der Waals surface area contributed by atoms with Gasteiger partial charge in [0.05, 0.1) is 0 Å². The monoisotopic (exact) mass is 275 g/mol. The van der Waals surface area contributed by atoms with Gasteiger partial charge in [0.2, 0.25) is 5.91 Å². The second kappa shape index (κ2) is 5.43. The minimum atomic E-state index is -1.21. The molecule has 104 valence electrons. The van der Waals surface area contributed by atoms with Gasteiger partial charge in [-0.3, -0.25) is 14.4 Å². The van der Waals surface area contributed by atoms with Crippen LogP contribution in [0.4, 0.5) is 0 Å². The van der Waals surface area contributed by atoms with Crippen molar-refractivity contribution in [2.75, 3.05) is 13.1 Å². The quantitative estimate of drug-likeness (QED) is 0.721. The first kappa shape index (κ1) is 13.6. The fourth-order valence-electron chi connectivity index (χ4n) is 1.91. The first-order valence-corrected chi connectivity index (χ1v) is 5.84. The summed E-state index contributed by atoms with van der Waals surface area (Å²) < 4.78 is 0. The number of carbonyl (C=O) groups is 3. The SMILES string of the molecule is NC(=O)CN(CC(=O)O)C(=O)c1cc2ccccc2[nH]1. The molecule has 0 aliphatic rings. The number of para-hydroxylation sites is 1. The minimum Gasteiger partial charge on any atom is -0.480 e. The summed E-state index contributed by atoms with van der Waals surface area (Å²) in [6.45, 7) is -1.03. The largest absolute Gasteiger partial charge is 0.480 e. The standard InChI is InChI=1S/C13H13N3O4/c14-11(17)6-16(7-12(18)19)13(20)10-5-8-3-1-2-4-9(8)15-10/h1-5,15H,6-7H2,(H2,14,17)(H,18,19). The molecule has 0 aliphatic carbocycles. The van der Waals surface area contributed by atoms with E-state index < -0.39 is 30.9 Å². The molecule has 0 unspecified atom stereocenters. The topological polar surface area (TPSA) is 116 Å². The second-order valence-corrected chi connectivity index (χ2v) is 4.29. The lowest BCUT2D eigenvalue weighted by Gasteiger charge is -2.17. The highest BCUT2D eigenvalue weighted by Crippen LogP contribution is 2.15. The second-order valence-electron chi connectivity index (χ2n) is 4.29. The van der Waals surface area contributed by atoms with Gasteiger partial charge in [-0.25, -0.2) is 0 Å². The molecule has 0 atom stereocenters. The molecule has 2 aromatic rings. The van der Waals surface area contributed by atoms with Gasteiger partial charge >= 0.3 is 5.97 Å². The summed E-state index contributed by atoms with van der Waals surface area (Å²) in [5, 5.41) is 9.60. The number of aliphatic carboxylic acids is 1. The maximum Gasteiger partial charge on any atom is 0.323 e. The number of carbonyl (C=O) groups excluding carboxylic acids is 2. The number of H-pyrrole nitrogens is 1. The summed E-state index contributed by atoms with van der Waals surface area (Å²) in [6.07, 6.45) is 0. The van der Waals surface area contributed by atoms with Crippen molar-refractivity contribution in [3.05, 3.63) is 36.0 Å². The number of carboxylic acids is 1. The Kier molecular flexibility index (Phi) is 3.69. The first-order chi connectivity index (χ1) is 9.47. The Balaban J connectivity index is 2.29. The Morgan fingerprint density at radius 2 is 1.90 bits per heavy atom. The summed E-state index contributed by atoms with van der Waals surface area (Å²) in [6, 6.07) is 8.85. The Morgan fingerprint density at radius 1 is 1.20 bits per heavy atom. The van der Waals surface area contributed by atoms with Crippen molar-refractivity contribution >= 4 is 28.7 Å². The molecular weight excluding hydrogens is 262 g/mol. The molecule has 0 saturated heterocycles. The van der Waals surface area contributed by atoms with Crippen molar-refractivity contribution in [2.24, 2.45) is 5.73 Å². The van der Waals surface area contributed by atoms with Crippen LogP contribution in [0, 0.1) is 0 Å². The van der Waals surface area contributed by atoms with Crippen LogP contribution in [0.15, 0.2) is 30.3 Å². The molecule has 7 heteroatoms. The number of hydrogen-bond acceptors (Lipinski definition) is 3. The molecule has 0 bridgehead atoms. The third kappa shape index (κ3) is 2.94. The van der Waals surface area contributed by atoms with Crippen LogP contribution in [-0.2, 0) is 9.59 Å². The van der Waals surface area contributed by atoms with E-state index in [1.54, 1.807) is 12.1 Å². The van der Waals surface area contributed by atoms with Crippen LogP contribution in [0.1, 0.15) is 10.5 Å². The van der Waals surface area contributed by atoms with Crippen molar-refractivity contribution < 1.29 is 19.5 Å². The molecule has 0 fully saturated rings. The van der Waals surface area contributed by atoms with E-state index in [-0.39, 0.29) is 5.69 Å². The molecule has 1 heterocycles. The Morgan fingerprint density at radius 3 is 2.50 bits per heavy atom. The van der Waals surface area contributed by atoms with E-state index in [0.717, 1.165) is 15.8 Å². The zero-order valence-corrected chi connectivity index (χ0v) is 10.5. The number of nitrogens with two attached hydrogens (primary N) is 1. The lowest BCUT2D eigenvalue weighted by Crippen LogP contribution is -2.41. The predicted molar refractivity (Wildman–Crippen MR) is 71.0 cm³/mol. The maximum atomic E-state index is 12.2. The van der Waals surface area contributed by atoms with Gasteiger partial charge in [-0.2, -0.15) is 0 Å². The number of carboxylic acid groups (broad SMARTS) is 1. The highest BCUT2D eigenvalue weighted by Gasteiger charge is 2.21. The van der Waals surface area contributed by atoms with Crippen molar-refractivity contribution in [1.82, 2.24) is 9.88 Å². The van der Waals surface area contributed by atoms with Crippen molar-refractivity contribution in [1.29, 1.82) is 0 Å². The number of hydrogen-bond donors (Lipinski definition) is 3. The molecule has 2 amide bonds. The summed E-state index contributed by atoms with van der Waals surface area (Å²) in [5.74, 6) is -2.56. The van der Waals surface area contributed by atoms with Crippen LogP contribution in [-0.4, -0.2) is 45.9 Å². The van der Waals surface area contributed by atoms with E-state index in [9.17, 15) is 14.4 Å². The van der Waals surface area contributed by atoms with Crippen molar-refractivity contribution in [3.63, 3.8) is 0 Å². The van der Waals surface area contributed by atoms with Crippen LogP contribution in [0.25, 0.3) is 10.9 Å². The fraction of sp³-hybridized carbons (Fsp3) is 0.154. The Labute approximate surface area is 114 Å². The van der Waals surface area contributed by atoms with Gasteiger partial charge in [0, 0.05) is 10.9 Å². The molecule has 2 rings (SSSR count). The third-order valence-electron chi connectivity index (χ3n) is 2.72. The summed E-state index contributed by atoms with van der Waals surface area (Å²) >= 11 is 0. The zero-order chi connectivity index (χ0) is 14.7. The summed E-state index contributed by atoms with van der Waals surface area (Å²) in [7, 11) is 0. The Bertz CT molecular complexity index is 628. The zero-order valence-electron chi connectivity index (χ0n) is 10.5. The van der Waals surface area contributed by atoms with Gasteiger partial charge in [-0.05, 0) is 12.1 Å². The smallest absolute Gasteiger partial charge is 0.323 e. The number of benzene rings is 1. The molecule has 1 aromatic heterocycles. The average Bonchev–Trinajstić information content (AvgIpc) is 2.79. The molecule has 1 aromatic carbocycles. The first-order valence-electron chi connectivity index (χ1n) is 5.84. The van der Waals surface area contributed by atoms with Crippen LogP contribution in [0.5, 0.6) is 0 Å². The predicted octanol–water partition coefficient (Wildman–Crippen LogP) is 0.180. The van der Waals surface area contributed by atoms with E-state index in [4.69, 9.17) is 10.8 Å². The van der Waals surface area contributed by atoms with E-state index in [0.29, 0.717) is 0 Å². The van der Waals surface area contributed by atoms with Crippen molar-refractivity contribution in [2.45, 2.75) is 0 Å². The summed E-state index contributed by atoms with van der Waals surface area (Å²) in [5.41, 5.74) is 6.00. The van der Waals surface area contributed by atoms with Crippen LogP contribution in [0.2, 0.25) is 0 Å². The molecule has 0 spiro atoms. The molecule has 7 nitrogen and oxygen atoms in total. The normalized spacial score (nSPS) is 10.4. The number of rotatable bonds is 5. The highest BCUT2D eigenvalue weighted by atomic mass is 16.4. The number of primary amides is 1. The molecule has 0 saturated carbocycles. The number of fused-ring (bicyclic) bond motifs is 1. The van der Waals surface area contributed by atoms with E-state index in [2.05, 4.69) is 4.98 Å². The van der Waals surface area contributed by atoms with Crippen molar-refractivity contribution in [3.8, 4) is 0 Å². The molecule has 0 aliphatic heterocycles. The number of nitrogens with zero attached hydrogens (tertiary/aromatic N) is 1. The lowest BCUT2D eigenvalue weighted by molar-refractivity contribution is -0.138. The molecular formula is C13H13N3O4. The third-order valence-corrected chi connectivity index (χ3v) is 2.72. The number of nitrogens with one attached hydrogen (secondary N) is 1. The van der Waals surface area contributed by atoms with E-state index in [1.807, 2.05) is 18.2 Å². The van der Waals surface area contributed by atoms with E-state index in [1.165, 1.54) is 0 Å². The van der Waals surface area contributed by atoms with Crippen LogP contribution >= 0.6 is 0 Å². The van der Waals surface area contributed by atoms with Gasteiger partial charge < -0.3 is 20.7 Å². The van der Waals surface area contributed by atoms with Crippen LogP contribution in [0.3, 0.4) is 0 Å². The van der Waals surface area contributed by atoms with Gasteiger partial charge in [0.15, 0.2) is 0 Å². The van der Waals surface area contributed by atoms with Gasteiger partial charge in [-0.15, -0.1) is 0 Å². The molecule has 0 radical (unpaired) electrons. The minimum absolute atomic E-state index is 0.216. The Hall–Kier alpha value is -2.83. The molecule has 20 heavy (non-hydrogen) atoms. The number of amides is 2. The molecule has 4 N–H and O–H groups in total. The maximum absolute atomic E-state index is 12.2.